The van der Waals surface area contributed by atoms with E-state index in [0.29, 0.717) is 23.9 Å². The van der Waals surface area contributed by atoms with Crippen molar-refractivity contribution in [2.75, 3.05) is 20.3 Å². The lowest BCUT2D eigenvalue weighted by molar-refractivity contribution is -0.136. The van der Waals surface area contributed by atoms with Crippen molar-refractivity contribution in [3.63, 3.8) is 0 Å². The van der Waals surface area contributed by atoms with Gasteiger partial charge in [0.25, 0.3) is 0 Å². The first kappa shape index (κ1) is 20.9. The number of nitrogens with zero attached hydrogens (tertiary/aromatic N) is 1. The summed E-state index contributed by atoms with van der Waals surface area (Å²) >= 11 is 0. The maximum atomic E-state index is 12.2. The van der Waals surface area contributed by atoms with Gasteiger partial charge in [-0.05, 0) is 66.6 Å². The average molecular weight is 405 g/mol. The van der Waals surface area contributed by atoms with E-state index in [0.717, 1.165) is 16.9 Å². The van der Waals surface area contributed by atoms with Gasteiger partial charge in [0.05, 0.1) is 13.7 Å². The highest BCUT2D eigenvalue weighted by atomic mass is 16.6. The lowest BCUT2D eigenvalue weighted by atomic mass is 10.1. The number of carbonyl (C=O) groups is 1. The predicted molar refractivity (Wildman–Crippen MR) is 115 cm³/mol. The summed E-state index contributed by atoms with van der Waals surface area (Å²) in [4.78, 5) is 16.2. The monoisotopic (exact) mass is 405 g/mol. The fraction of sp³-hybridized carbons (Fsp3) is 0.167. The van der Waals surface area contributed by atoms with Crippen LogP contribution in [0.15, 0.2) is 67.0 Å². The molecule has 0 amide bonds. The number of hydrogen-bond acceptors (Lipinski definition) is 6. The number of carbonyl (C=O) groups excluding carboxylic acids is 1. The van der Waals surface area contributed by atoms with E-state index in [2.05, 4.69) is 4.98 Å². The molecular weight excluding hydrogens is 382 g/mol. The second kappa shape index (κ2) is 10.7. The third kappa shape index (κ3) is 6.10. The molecule has 0 aliphatic carbocycles. The van der Waals surface area contributed by atoms with Crippen LogP contribution in [0.3, 0.4) is 0 Å². The molecule has 30 heavy (non-hydrogen) atoms. The molecule has 0 unspecified atom stereocenters. The van der Waals surface area contributed by atoms with Crippen LogP contribution >= 0.6 is 0 Å². The maximum absolute atomic E-state index is 12.2. The minimum Gasteiger partial charge on any atom is -0.494 e. The highest BCUT2D eigenvalue weighted by Crippen LogP contribution is 2.29. The van der Waals surface area contributed by atoms with Gasteiger partial charge >= 0.3 is 5.97 Å². The normalized spacial score (nSPS) is 10.6. The Morgan fingerprint density at radius 3 is 2.20 bits per heavy atom. The van der Waals surface area contributed by atoms with Gasteiger partial charge < -0.3 is 18.9 Å². The third-order valence-electron chi connectivity index (χ3n) is 4.08. The molecule has 0 saturated heterocycles. The molecule has 0 radical (unpaired) electrons. The van der Waals surface area contributed by atoms with Crippen LogP contribution in [-0.2, 0) is 4.79 Å². The molecule has 6 heteroatoms. The summed E-state index contributed by atoms with van der Waals surface area (Å²) in [5.74, 6) is 1.57. The predicted octanol–water partition coefficient (Wildman–Crippen LogP) is 4.64. The standard InChI is InChI=1S/C24H23NO5/c1-3-28-20-7-9-21(10-8-20)29-17-24(26)30-22-11-6-19(16-23(22)27-2)5-4-18-12-14-25-15-13-18/h4-16H,3,17H2,1-2H3/b5-4+. The first-order valence-corrected chi connectivity index (χ1v) is 9.50. The molecule has 0 bridgehead atoms. The van der Waals surface area contributed by atoms with E-state index in [-0.39, 0.29) is 6.61 Å². The largest absolute Gasteiger partial charge is 0.494 e. The molecule has 0 fully saturated rings. The van der Waals surface area contributed by atoms with Crippen molar-refractivity contribution in [1.82, 2.24) is 4.98 Å². The summed E-state index contributed by atoms with van der Waals surface area (Å²) in [6, 6.07) is 16.2. The number of rotatable bonds is 9. The minimum absolute atomic E-state index is 0.221. The number of hydrogen-bond donors (Lipinski definition) is 0. The van der Waals surface area contributed by atoms with E-state index in [1.807, 2.05) is 37.3 Å². The van der Waals surface area contributed by atoms with E-state index in [4.69, 9.17) is 18.9 Å². The molecular formula is C24H23NO5. The number of benzene rings is 2. The van der Waals surface area contributed by atoms with Crippen LogP contribution in [0.25, 0.3) is 12.2 Å². The fourth-order valence-corrected chi connectivity index (χ4v) is 2.63. The molecule has 0 aliphatic rings. The van der Waals surface area contributed by atoms with Crippen LogP contribution in [0.5, 0.6) is 23.0 Å². The van der Waals surface area contributed by atoms with E-state index < -0.39 is 5.97 Å². The Balaban J connectivity index is 1.58. The molecule has 1 heterocycles. The van der Waals surface area contributed by atoms with Gasteiger partial charge in [0.2, 0.25) is 0 Å². The Bertz CT molecular complexity index is 984. The summed E-state index contributed by atoms with van der Waals surface area (Å²) in [5, 5.41) is 0. The zero-order valence-corrected chi connectivity index (χ0v) is 16.9. The lowest BCUT2D eigenvalue weighted by Gasteiger charge is -2.11. The van der Waals surface area contributed by atoms with Crippen molar-refractivity contribution in [1.29, 1.82) is 0 Å². The van der Waals surface area contributed by atoms with Gasteiger partial charge in [-0.1, -0.05) is 18.2 Å². The molecule has 0 spiro atoms. The summed E-state index contributed by atoms with van der Waals surface area (Å²) in [5.41, 5.74) is 1.94. The summed E-state index contributed by atoms with van der Waals surface area (Å²) in [7, 11) is 1.53. The number of esters is 1. The van der Waals surface area contributed by atoms with E-state index in [1.54, 1.807) is 48.8 Å². The van der Waals surface area contributed by atoms with E-state index >= 15 is 0 Å². The zero-order valence-electron chi connectivity index (χ0n) is 16.9. The van der Waals surface area contributed by atoms with Crippen molar-refractivity contribution in [2.45, 2.75) is 6.92 Å². The molecule has 154 valence electrons. The van der Waals surface area contributed by atoms with Gasteiger partial charge in [-0.3, -0.25) is 4.98 Å². The highest BCUT2D eigenvalue weighted by molar-refractivity contribution is 5.76. The summed E-state index contributed by atoms with van der Waals surface area (Å²) in [6.07, 6.45) is 7.38. The molecule has 0 N–H and O–H groups in total. The number of aromatic nitrogens is 1. The molecule has 3 rings (SSSR count). The quantitative estimate of drug-likeness (QED) is 0.382. The molecule has 2 aromatic carbocycles. The van der Waals surface area contributed by atoms with Crippen molar-refractivity contribution < 1.29 is 23.7 Å². The minimum atomic E-state index is -0.526. The average Bonchev–Trinajstić information content (AvgIpc) is 2.79. The Labute approximate surface area is 175 Å². The van der Waals surface area contributed by atoms with Crippen LogP contribution in [0.1, 0.15) is 18.1 Å². The van der Waals surface area contributed by atoms with Gasteiger partial charge in [0.15, 0.2) is 18.1 Å². The van der Waals surface area contributed by atoms with E-state index in [1.165, 1.54) is 7.11 Å². The fourth-order valence-electron chi connectivity index (χ4n) is 2.63. The van der Waals surface area contributed by atoms with Gasteiger partial charge in [-0.2, -0.15) is 0 Å². The summed E-state index contributed by atoms with van der Waals surface area (Å²) in [6.45, 7) is 2.28. The van der Waals surface area contributed by atoms with Crippen molar-refractivity contribution in [3.8, 4) is 23.0 Å². The number of ether oxygens (including phenoxy) is 4. The lowest BCUT2D eigenvalue weighted by Crippen LogP contribution is -2.18. The maximum Gasteiger partial charge on any atom is 0.349 e. The van der Waals surface area contributed by atoms with Crippen LogP contribution in [-0.4, -0.2) is 31.3 Å². The first-order valence-electron chi connectivity index (χ1n) is 9.50. The van der Waals surface area contributed by atoms with Crippen LogP contribution in [0.2, 0.25) is 0 Å². The smallest absolute Gasteiger partial charge is 0.349 e. The van der Waals surface area contributed by atoms with Gasteiger partial charge in [-0.15, -0.1) is 0 Å². The third-order valence-corrected chi connectivity index (χ3v) is 4.08. The molecule has 1 aromatic heterocycles. The second-order valence-corrected chi connectivity index (χ2v) is 6.19. The van der Waals surface area contributed by atoms with Crippen LogP contribution < -0.4 is 18.9 Å². The number of methoxy groups -OCH3 is 1. The van der Waals surface area contributed by atoms with Gasteiger partial charge in [0, 0.05) is 12.4 Å². The topological polar surface area (TPSA) is 66.9 Å². The Kier molecular flexibility index (Phi) is 7.44. The van der Waals surface area contributed by atoms with Gasteiger partial charge in [0.1, 0.15) is 11.5 Å². The molecule has 0 saturated carbocycles. The van der Waals surface area contributed by atoms with Crippen molar-refractivity contribution in [3.05, 3.63) is 78.1 Å². The van der Waals surface area contributed by atoms with Crippen molar-refractivity contribution >= 4 is 18.1 Å². The molecule has 3 aromatic rings. The first-order chi connectivity index (χ1) is 14.7. The zero-order chi connectivity index (χ0) is 21.2. The van der Waals surface area contributed by atoms with Crippen LogP contribution in [0.4, 0.5) is 0 Å². The highest BCUT2D eigenvalue weighted by Gasteiger charge is 2.11. The Hall–Kier alpha value is -3.80. The van der Waals surface area contributed by atoms with Crippen molar-refractivity contribution in [2.24, 2.45) is 0 Å². The van der Waals surface area contributed by atoms with Crippen LogP contribution in [0, 0.1) is 0 Å². The molecule has 0 atom stereocenters. The van der Waals surface area contributed by atoms with E-state index in [9.17, 15) is 4.79 Å². The number of pyridine rings is 1. The van der Waals surface area contributed by atoms with Gasteiger partial charge in [-0.25, -0.2) is 4.79 Å². The second-order valence-electron chi connectivity index (χ2n) is 6.19. The molecule has 0 aliphatic heterocycles. The molecule has 6 nitrogen and oxygen atoms in total. The summed E-state index contributed by atoms with van der Waals surface area (Å²) < 4.78 is 21.6. The Morgan fingerprint density at radius 2 is 1.53 bits per heavy atom. The SMILES string of the molecule is CCOc1ccc(OCC(=O)Oc2ccc(/C=C/c3ccncc3)cc2OC)cc1. The Morgan fingerprint density at radius 1 is 0.867 bits per heavy atom.